The Bertz CT molecular complexity index is 547. The van der Waals surface area contributed by atoms with Crippen LogP contribution in [0.2, 0.25) is 0 Å². The minimum Gasteiger partial charge on any atom is -0.348 e. The lowest BCUT2D eigenvalue weighted by Crippen LogP contribution is -2.25. The van der Waals surface area contributed by atoms with E-state index in [4.69, 9.17) is 0 Å². The number of thioether (sulfide) groups is 1. The number of amides is 1. The molecular weight excluding hydrogens is 287 g/mol. The summed E-state index contributed by atoms with van der Waals surface area (Å²) in [6.07, 6.45) is 6.67. The standard InChI is InChI=1S/C14H12F3NOS/c15-14(16,17)20-12-7-5-11(6-8-12)13(19)18-9-10-3-1-2-4-10/h1-3,5-8H,4,9H2,(H,18,19). The van der Waals surface area contributed by atoms with Crippen molar-refractivity contribution in [1.29, 1.82) is 0 Å². The molecule has 0 heterocycles. The van der Waals surface area contributed by atoms with Crippen LogP contribution >= 0.6 is 11.8 Å². The van der Waals surface area contributed by atoms with E-state index in [9.17, 15) is 18.0 Å². The van der Waals surface area contributed by atoms with E-state index in [0.717, 1.165) is 12.0 Å². The molecule has 1 aliphatic carbocycles. The summed E-state index contributed by atoms with van der Waals surface area (Å²) in [4.78, 5) is 11.9. The minimum atomic E-state index is -4.31. The van der Waals surface area contributed by atoms with Crippen LogP contribution in [0.4, 0.5) is 13.2 Å². The van der Waals surface area contributed by atoms with Crippen LogP contribution in [0.1, 0.15) is 16.8 Å². The molecule has 20 heavy (non-hydrogen) atoms. The fraction of sp³-hybridized carbons (Fsp3) is 0.214. The number of carbonyl (C=O) groups excluding carboxylic acids is 1. The van der Waals surface area contributed by atoms with Gasteiger partial charge in [0.2, 0.25) is 0 Å². The van der Waals surface area contributed by atoms with Gasteiger partial charge in [-0.2, -0.15) is 13.2 Å². The Kier molecular flexibility index (Phi) is 4.54. The first-order chi connectivity index (χ1) is 9.44. The summed E-state index contributed by atoms with van der Waals surface area (Å²) >= 11 is -0.194. The molecule has 0 unspecified atom stereocenters. The van der Waals surface area contributed by atoms with Crippen molar-refractivity contribution in [3.8, 4) is 0 Å². The molecule has 1 N–H and O–H groups in total. The van der Waals surface area contributed by atoms with Gasteiger partial charge in [-0.15, -0.1) is 0 Å². The summed E-state index contributed by atoms with van der Waals surface area (Å²) in [7, 11) is 0. The molecule has 0 spiro atoms. The van der Waals surface area contributed by atoms with Crippen LogP contribution in [-0.2, 0) is 0 Å². The van der Waals surface area contributed by atoms with Crippen LogP contribution in [0.3, 0.4) is 0 Å². The van der Waals surface area contributed by atoms with E-state index in [0.29, 0.717) is 12.1 Å². The molecule has 0 saturated carbocycles. The maximum absolute atomic E-state index is 12.2. The lowest BCUT2D eigenvalue weighted by atomic mass is 10.2. The molecule has 0 fully saturated rings. The first kappa shape index (κ1) is 14.7. The predicted octanol–water partition coefficient (Wildman–Crippen LogP) is 3.91. The smallest absolute Gasteiger partial charge is 0.348 e. The predicted molar refractivity (Wildman–Crippen MR) is 72.5 cm³/mol. The third-order valence-corrected chi connectivity index (χ3v) is 3.41. The van der Waals surface area contributed by atoms with Crippen molar-refractivity contribution in [2.75, 3.05) is 6.54 Å². The lowest BCUT2D eigenvalue weighted by molar-refractivity contribution is -0.0328. The summed E-state index contributed by atoms with van der Waals surface area (Å²) in [6, 6.07) is 5.38. The van der Waals surface area contributed by atoms with Gasteiger partial charge >= 0.3 is 5.51 Å². The van der Waals surface area contributed by atoms with Gasteiger partial charge in [0.1, 0.15) is 0 Å². The number of allylic oxidation sites excluding steroid dienone is 3. The first-order valence-corrected chi connectivity index (χ1v) is 6.74. The third kappa shape index (κ3) is 4.45. The Hall–Kier alpha value is -1.69. The van der Waals surface area contributed by atoms with Crippen molar-refractivity contribution in [2.45, 2.75) is 16.8 Å². The number of hydrogen-bond donors (Lipinski definition) is 1. The number of alkyl halides is 3. The lowest BCUT2D eigenvalue weighted by Gasteiger charge is -2.08. The quantitative estimate of drug-likeness (QED) is 0.854. The number of rotatable bonds is 4. The summed E-state index contributed by atoms with van der Waals surface area (Å²) < 4.78 is 36.5. The Morgan fingerprint density at radius 1 is 1.25 bits per heavy atom. The van der Waals surface area contributed by atoms with Crippen LogP contribution in [0.5, 0.6) is 0 Å². The van der Waals surface area contributed by atoms with E-state index in [2.05, 4.69) is 5.32 Å². The first-order valence-electron chi connectivity index (χ1n) is 5.92. The second-order valence-electron chi connectivity index (χ2n) is 4.21. The Labute approximate surface area is 118 Å². The van der Waals surface area contributed by atoms with Crippen molar-refractivity contribution in [2.24, 2.45) is 0 Å². The zero-order valence-corrected chi connectivity index (χ0v) is 11.2. The molecule has 2 rings (SSSR count). The van der Waals surface area contributed by atoms with E-state index >= 15 is 0 Å². The summed E-state index contributed by atoms with van der Waals surface area (Å²) in [6.45, 7) is 0.449. The van der Waals surface area contributed by atoms with Gasteiger partial charge in [-0.1, -0.05) is 18.2 Å². The number of carbonyl (C=O) groups is 1. The Morgan fingerprint density at radius 2 is 1.95 bits per heavy atom. The summed E-state index contributed by atoms with van der Waals surface area (Å²) in [5.74, 6) is -0.290. The molecule has 1 aromatic carbocycles. The SMILES string of the molecule is O=C(NCC1=CC=CC1)c1ccc(SC(F)(F)F)cc1. The number of hydrogen-bond acceptors (Lipinski definition) is 2. The van der Waals surface area contributed by atoms with Crippen LogP contribution in [0, 0.1) is 0 Å². The Balaban J connectivity index is 1.90. The topological polar surface area (TPSA) is 29.1 Å². The van der Waals surface area contributed by atoms with Crippen LogP contribution in [-0.4, -0.2) is 18.0 Å². The fourth-order valence-electron chi connectivity index (χ4n) is 1.73. The number of nitrogens with one attached hydrogen (secondary N) is 1. The normalized spacial score (nSPS) is 14.2. The highest BCUT2D eigenvalue weighted by molar-refractivity contribution is 8.00. The van der Waals surface area contributed by atoms with Gasteiger partial charge in [-0.25, -0.2) is 0 Å². The van der Waals surface area contributed by atoms with Gasteiger partial charge in [0, 0.05) is 17.0 Å². The Morgan fingerprint density at radius 3 is 2.50 bits per heavy atom. The van der Waals surface area contributed by atoms with Crippen molar-refractivity contribution in [1.82, 2.24) is 5.32 Å². The zero-order chi connectivity index (χ0) is 14.6. The third-order valence-electron chi connectivity index (χ3n) is 2.67. The second kappa shape index (κ2) is 6.17. The highest BCUT2D eigenvalue weighted by Crippen LogP contribution is 2.36. The average molecular weight is 299 g/mol. The molecule has 1 amide bonds. The second-order valence-corrected chi connectivity index (χ2v) is 5.35. The van der Waals surface area contributed by atoms with E-state index < -0.39 is 5.51 Å². The molecule has 2 nitrogen and oxygen atoms in total. The van der Waals surface area contributed by atoms with Gasteiger partial charge < -0.3 is 5.32 Å². The monoisotopic (exact) mass is 299 g/mol. The molecule has 6 heteroatoms. The molecule has 0 atom stereocenters. The fourth-order valence-corrected chi connectivity index (χ4v) is 2.27. The van der Waals surface area contributed by atoms with Crippen LogP contribution < -0.4 is 5.32 Å². The van der Waals surface area contributed by atoms with Crippen molar-refractivity contribution < 1.29 is 18.0 Å². The van der Waals surface area contributed by atoms with Crippen molar-refractivity contribution in [3.63, 3.8) is 0 Å². The highest BCUT2D eigenvalue weighted by Gasteiger charge is 2.29. The maximum atomic E-state index is 12.2. The van der Waals surface area contributed by atoms with Gasteiger partial charge in [0.15, 0.2) is 0 Å². The van der Waals surface area contributed by atoms with Gasteiger partial charge in [-0.3, -0.25) is 4.79 Å². The van der Waals surface area contributed by atoms with Gasteiger partial charge in [0.25, 0.3) is 5.91 Å². The maximum Gasteiger partial charge on any atom is 0.446 e. The van der Waals surface area contributed by atoms with Crippen LogP contribution in [0.25, 0.3) is 0 Å². The van der Waals surface area contributed by atoms with Crippen molar-refractivity contribution in [3.05, 3.63) is 53.6 Å². The molecule has 0 aromatic heterocycles. The van der Waals surface area contributed by atoms with E-state index in [1.807, 2.05) is 18.2 Å². The molecule has 1 aliphatic rings. The molecule has 1 aromatic rings. The molecule has 0 radical (unpaired) electrons. The summed E-state index contributed by atoms with van der Waals surface area (Å²) in [5.41, 5.74) is -2.86. The molecule has 0 aliphatic heterocycles. The average Bonchev–Trinajstić information content (AvgIpc) is 2.88. The van der Waals surface area contributed by atoms with E-state index in [1.54, 1.807) is 0 Å². The van der Waals surface area contributed by atoms with Crippen molar-refractivity contribution >= 4 is 17.7 Å². The minimum absolute atomic E-state index is 0.0664. The highest BCUT2D eigenvalue weighted by atomic mass is 32.2. The van der Waals surface area contributed by atoms with Crippen LogP contribution in [0.15, 0.2) is 53.0 Å². The number of halogens is 3. The zero-order valence-electron chi connectivity index (χ0n) is 10.4. The molecular formula is C14H12F3NOS. The summed E-state index contributed by atoms with van der Waals surface area (Å²) in [5, 5.41) is 2.73. The largest absolute Gasteiger partial charge is 0.446 e. The van der Waals surface area contributed by atoms with Gasteiger partial charge in [-0.05, 0) is 48.0 Å². The molecule has 0 bridgehead atoms. The van der Waals surface area contributed by atoms with E-state index in [-0.39, 0.29) is 22.6 Å². The van der Waals surface area contributed by atoms with E-state index in [1.165, 1.54) is 24.3 Å². The number of benzene rings is 1. The van der Waals surface area contributed by atoms with Gasteiger partial charge in [0.05, 0.1) is 0 Å². The molecule has 106 valence electrons. The molecule has 0 saturated heterocycles.